The maximum absolute atomic E-state index is 12.0. The molecule has 0 saturated heterocycles. The largest absolute Gasteiger partial charge is 0.389 e. The maximum atomic E-state index is 12.0. The summed E-state index contributed by atoms with van der Waals surface area (Å²) in [5.74, 6) is 0. The van der Waals surface area contributed by atoms with Gasteiger partial charge in [0.1, 0.15) is 0 Å². The number of benzene rings is 1. The number of halogens is 5. The molecule has 1 rings (SSSR count). The van der Waals surface area contributed by atoms with E-state index in [4.69, 9.17) is 17.3 Å². The average Bonchev–Trinajstić information content (AvgIpc) is 2.13. The van der Waals surface area contributed by atoms with Gasteiger partial charge in [0.25, 0.3) is 0 Å². The van der Waals surface area contributed by atoms with Crippen molar-refractivity contribution < 1.29 is 13.2 Å². The van der Waals surface area contributed by atoms with Gasteiger partial charge in [0.2, 0.25) is 0 Å². The fraction of sp³-hybridized carbons (Fsp3) is 0.400. The van der Waals surface area contributed by atoms with Gasteiger partial charge in [-0.1, -0.05) is 33.6 Å². The van der Waals surface area contributed by atoms with E-state index in [1.165, 1.54) is 0 Å². The van der Waals surface area contributed by atoms with Crippen molar-refractivity contribution in [2.24, 2.45) is 5.73 Å². The third-order valence-electron chi connectivity index (χ3n) is 2.10. The summed E-state index contributed by atoms with van der Waals surface area (Å²) in [4.78, 5) is 0. The molecule has 16 heavy (non-hydrogen) atoms. The first-order valence-electron chi connectivity index (χ1n) is 4.57. The molecule has 0 fully saturated rings. The minimum Gasteiger partial charge on any atom is -0.324 e. The lowest BCUT2D eigenvalue weighted by Gasteiger charge is -2.15. The molecule has 0 saturated carbocycles. The van der Waals surface area contributed by atoms with E-state index in [9.17, 15) is 13.2 Å². The summed E-state index contributed by atoms with van der Waals surface area (Å²) in [6.07, 6.45) is -5.19. The van der Waals surface area contributed by atoms with Crippen LogP contribution >= 0.6 is 27.5 Å². The Hall–Kier alpha value is -0.260. The predicted molar refractivity (Wildman–Crippen MR) is 61.4 cm³/mol. The highest BCUT2D eigenvalue weighted by Gasteiger charge is 2.28. The van der Waals surface area contributed by atoms with Crippen LogP contribution in [0.3, 0.4) is 0 Å². The highest BCUT2D eigenvalue weighted by molar-refractivity contribution is 9.10. The lowest BCUT2D eigenvalue weighted by molar-refractivity contribution is -0.136. The van der Waals surface area contributed by atoms with Crippen LogP contribution in [0.25, 0.3) is 0 Å². The van der Waals surface area contributed by atoms with Gasteiger partial charge in [0.15, 0.2) is 0 Å². The predicted octanol–water partition coefficient (Wildman–Crippen LogP) is 4.44. The van der Waals surface area contributed by atoms with E-state index in [-0.39, 0.29) is 6.42 Å². The SMILES string of the molecule is N[C@@H](CCC(F)(F)F)c1ccc(Cl)cc1Br. The second-order valence-electron chi connectivity index (χ2n) is 3.43. The molecule has 1 aromatic rings. The van der Waals surface area contributed by atoms with Crippen molar-refractivity contribution in [2.75, 3.05) is 0 Å². The summed E-state index contributed by atoms with van der Waals surface area (Å²) in [6.45, 7) is 0. The summed E-state index contributed by atoms with van der Waals surface area (Å²) in [5, 5.41) is 0.513. The molecule has 0 amide bonds. The highest BCUT2D eigenvalue weighted by Crippen LogP contribution is 2.31. The Labute approximate surface area is 105 Å². The van der Waals surface area contributed by atoms with E-state index in [1.807, 2.05) is 0 Å². The van der Waals surface area contributed by atoms with Gasteiger partial charge in [-0.2, -0.15) is 13.2 Å². The van der Waals surface area contributed by atoms with Crippen LogP contribution in [-0.4, -0.2) is 6.18 Å². The van der Waals surface area contributed by atoms with Crippen molar-refractivity contribution in [3.63, 3.8) is 0 Å². The van der Waals surface area contributed by atoms with Crippen molar-refractivity contribution in [3.05, 3.63) is 33.3 Å². The standard InChI is InChI=1S/C10H10BrClF3N/c11-8-5-6(12)1-2-7(8)9(16)3-4-10(13,14)15/h1-2,5,9H,3-4,16H2/t9-/m0/s1. The molecule has 1 atom stereocenters. The van der Waals surface area contributed by atoms with Gasteiger partial charge in [-0.15, -0.1) is 0 Å². The van der Waals surface area contributed by atoms with Crippen molar-refractivity contribution in [2.45, 2.75) is 25.1 Å². The molecule has 6 heteroatoms. The zero-order chi connectivity index (χ0) is 12.3. The molecule has 0 spiro atoms. The lowest BCUT2D eigenvalue weighted by Crippen LogP contribution is -2.16. The van der Waals surface area contributed by atoms with Crippen molar-refractivity contribution in [1.29, 1.82) is 0 Å². The molecule has 0 heterocycles. The van der Waals surface area contributed by atoms with E-state index in [2.05, 4.69) is 15.9 Å². The molecule has 0 aliphatic heterocycles. The van der Waals surface area contributed by atoms with Crippen LogP contribution < -0.4 is 5.73 Å². The topological polar surface area (TPSA) is 26.0 Å². The quantitative estimate of drug-likeness (QED) is 0.876. The third kappa shape index (κ3) is 4.31. The molecular formula is C10H10BrClF3N. The smallest absolute Gasteiger partial charge is 0.324 e. The summed E-state index contributed by atoms with van der Waals surface area (Å²) in [6, 6.07) is 4.21. The first-order chi connectivity index (χ1) is 7.29. The van der Waals surface area contributed by atoms with Crippen LogP contribution in [0.15, 0.2) is 22.7 Å². The van der Waals surface area contributed by atoms with Gasteiger partial charge in [-0.05, 0) is 24.1 Å². The van der Waals surface area contributed by atoms with Gasteiger partial charge in [-0.25, -0.2) is 0 Å². The Morgan fingerprint density at radius 2 is 2.00 bits per heavy atom. The van der Waals surface area contributed by atoms with Crippen molar-refractivity contribution in [3.8, 4) is 0 Å². The minimum absolute atomic E-state index is 0.135. The molecule has 0 aliphatic carbocycles. The fourth-order valence-corrected chi connectivity index (χ4v) is 2.25. The molecule has 2 N–H and O–H groups in total. The first kappa shape index (κ1) is 13.8. The van der Waals surface area contributed by atoms with Crippen LogP contribution in [0.5, 0.6) is 0 Å². The normalized spacial score (nSPS) is 13.9. The lowest BCUT2D eigenvalue weighted by atomic mass is 10.0. The zero-order valence-electron chi connectivity index (χ0n) is 8.19. The van der Waals surface area contributed by atoms with Crippen LogP contribution in [0.1, 0.15) is 24.4 Å². The molecule has 0 unspecified atom stereocenters. The number of hydrogen-bond acceptors (Lipinski definition) is 1. The Balaban J connectivity index is 2.70. The maximum Gasteiger partial charge on any atom is 0.389 e. The van der Waals surface area contributed by atoms with E-state index >= 15 is 0 Å². The highest BCUT2D eigenvalue weighted by atomic mass is 79.9. The summed E-state index contributed by atoms with van der Waals surface area (Å²) < 4.78 is 36.7. The van der Waals surface area contributed by atoms with E-state index in [1.54, 1.807) is 18.2 Å². The van der Waals surface area contributed by atoms with Crippen molar-refractivity contribution >= 4 is 27.5 Å². The molecule has 0 bridgehead atoms. The summed E-state index contributed by atoms with van der Waals surface area (Å²) >= 11 is 8.94. The Bertz CT molecular complexity index is 368. The Morgan fingerprint density at radius 3 is 2.50 bits per heavy atom. The second kappa shape index (κ2) is 5.38. The van der Waals surface area contributed by atoms with Gasteiger partial charge in [0, 0.05) is 22.0 Å². The van der Waals surface area contributed by atoms with E-state index in [0.717, 1.165) is 0 Å². The summed E-state index contributed by atoms with van der Waals surface area (Å²) in [7, 11) is 0. The zero-order valence-corrected chi connectivity index (χ0v) is 10.5. The third-order valence-corrected chi connectivity index (χ3v) is 3.02. The van der Waals surface area contributed by atoms with Gasteiger partial charge in [-0.3, -0.25) is 0 Å². The van der Waals surface area contributed by atoms with Crippen LogP contribution in [0.4, 0.5) is 13.2 Å². The van der Waals surface area contributed by atoms with Crippen LogP contribution in [0, 0.1) is 0 Å². The Morgan fingerprint density at radius 1 is 1.38 bits per heavy atom. The van der Waals surface area contributed by atoms with Gasteiger partial charge in [0.05, 0.1) is 0 Å². The molecule has 0 radical (unpaired) electrons. The number of rotatable bonds is 3. The number of hydrogen-bond donors (Lipinski definition) is 1. The summed E-state index contributed by atoms with van der Waals surface area (Å²) in [5.41, 5.74) is 6.31. The van der Waals surface area contributed by atoms with Crippen LogP contribution in [-0.2, 0) is 0 Å². The van der Waals surface area contributed by atoms with Crippen LogP contribution in [0.2, 0.25) is 5.02 Å². The average molecular weight is 317 g/mol. The number of alkyl halides is 3. The second-order valence-corrected chi connectivity index (χ2v) is 4.72. The minimum atomic E-state index is -4.17. The molecule has 0 aromatic heterocycles. The Kier molecular flexibility index (Phi) is 4.64. The van der Waals surface area contributed by atoms with E-state index in [0.29, 0.717) is 15.1 Å². The molecule has 1 aromatic carbocycles. The fourth-order valence-electron chi connectivity index (χ4n) is 1.28. The molecule has 0 aliphatic rings. The first-order valence-corrected chi connectivity index (χ1v) is 5.74. The molecule has 1 nitrogen and oxygen atoms in total. The molecular weight excluding hydrogens is 306 g/mol. The number of nitrogens with two attached hydrogens (primary N) is 1. The van der Waals surface area contributed by atoms with E-state index < -0.39 is 18.6 Å². The van der Waals surface area contributed by atoms with Crippen molar-refractivity contribution in [1.82, 2.24) is 0 Å². The monoisotopic (exact) mass is 315 g/mol. The van der Waals surface area contributed by atoms with Gasteiger partial charge < -0.3 is 5.73 Å². The van der Waals surface area contributed by atoms with Gasteiger partial charge >= 0.3 is 6.18 Å². The molecule has 90 valence electrons.